The lowest BCUT2D eigenvalue weighted by Gasteiger charge is -2.35. The SMILES string of the molecule is CCC(N)C(O)(c1ccc(C)cc1)C(F)(F)F. The highest BCUT2D eigenvalue weighted by atomic mass is 19.4. The van der Waals surface area contributed by atoms with Crippen LogP contribution in [0.5, 0.6) is 0 Å². The molecule has 0 aliphatic heterocycles. The first-order valence-corrected chi connectivity index (χ1v) is 5.35. The Morgan fingerprint density at radius 1 is 1.24 bits per heavy atom. The van der Waals surface area contributed by atoms with Crippen molar-refractivity contribution in [2.45, 2.75) is 38.1 Å². The molecule has 0 aromatic heterocycles. The molecular weight excluding hydrogens is 231 g/mol. The van der Waals surface area contributed by atoms with Gasteiger partial charge in [-0.2, -0.15) is 13.2 Å². The van der Waals surface area contributed by atoms with Crippen LogP contribution in [0.25, 0.3) is 0 Å². The van der Waals surface area contributed by atoms with E-state index in [0.29, 0.717) is 0 Å². The van der Waals surface area contributed by atoms with Gasteiger partial charge in [-0.3, -0.25) is 0 Å². The van der Waals surface area contributed by atoms with Crippen molar-refractivity contribution in [3.8, 4) is 0 Å². The third-order valence-corrected chi connectivity index (χ3v) is 2.90. The smallest absolute Gasteiger partial charge is 0.375 e. The highest BCUT2D eigenvalue weighted by Gasteiger charge is 2.58. The van der Waals surface area contributed by atoms with Crippen LogP contribution in [0, 0.1) is 6.92 Å². The minimum absolute atomic E-state index is 0.0316. The Morgan fingerprint density at radius 2 is 1.71 bits per heavy atom. The number of halogens is 3. The summed E-state index contributed by atoms with van der Waals surface area (Å²) in [5, 5.41) is 9.93. The molecule has 0 radical (unpaired) electrons. The summed E-state index contributed by atoms with van der Waals surface area (Å²) in [7, 11) is 0. The summed E-state index contributed by atoms with van der Waals surface area (Å²) in [6, 6.07) is 4.18. The van der Waals surface area contributed by atoms with E-state index in [-0.39, 0.29) is 12.0 Å². The minimum Gasteiger partial charge on any atom is -0.375 e. The van der Waals surface area contributed by atoms with Gasteiger partial charge in [0.2, 0.25) is 5.60 Å². The van der Waals surface area contributed by atoms with E-state index >= 15 is 0 Å². The Kier molecular flexibility index (Phi) is 3.84. The van der Waals surface area contributed by atoms with Gasteiger partial charge in [-0.25, -0.2) is 0 Å². The summed E-state index contributed by atoms with van der Waals surface area (Å²) in [6.07, 6.45) is -4.76. The lowest BCUT2D eigenvalue weighted by atomic mass is 9.84. The zero-order valence-corrected chi connectivity index (χ0v) is 9.75. The maximum absolute atomic E-state index is 13.0. The van der Waals surface area contributed by atoms with E-state index in [2.05, 4.69) is 0 Å². The molecule has 0 saturated heterocycles. The summed E-state index contributed by atoms with van der Waals surface area (Å²) in [5.74, 6) is 0. The molecule has 17 heavy (non-hydrogen) atoms. The molecule has 1 aromatic carbocycles. The lowest BCUT2D eigenvalue weighted by molar-refractivity contribution is -0.274. The molecule has 2 unspecified atom stereocenters. The Bertz CT molecular complexity index is 374. The van der Waals surface area contributed by atoms with Gasteiger partial charge in [0.25, 0.3) is 0 Å². The van der Waals surface area contributed by atoms with Gasteiger partial charge in [-0.05, 0) is 18.9 Å². The predicted molar refractivity (Wildman–Crippen MR) is 59.4 cm³/mol. The second-order valence-electron chi connectivity index (χ2n) is 4.14. The van der Waals surface area contributed by atoms with Crippen molar-refractivity contribution in [1.82, 2.24) is 0 Å². The molecule has 0 saturated carbocycles. The fraction of sp³-hybridized carbons (Fsp3) is 0.500. The van der Waals surface area contributed by atoms with Gasteiger partial charge in [0.1, 0.15) is 0 Å². The molecule has 1 aromatic rings. The van der Waals surface area contributed by atoms with Gasteiger partial charge in [-0.15, -0.1) is 0 Å². The molecule has 3 N–H and O–H groups in total. The van der Waals surface area contributed by atoms with Crippen LogP contribution in [0.1, 0.15) is 24.5 Å². The van der Waals surface area contributed by atoms with Gasteiger partial charge in [0.15, 0.2) is 0 Å². The largest absolute Gasteiger partial charge is 0.422 e. The van der Waals surface area contributed by atoms with Crippen LogP contribution in [-0.2, 0) is 5.60 Å². The molecule has 1 rings (SSSR count). The average molecular weight is 247 g/mol. The van der Waals surface area contributed by atoms with E-state index in [9.17, 15) is 18.3 Å². The third-order valence-electron chi connectivity index (χ3n) is 2.90. The fourth-order valence-electron chi connectivity index (χ4n) is 1.69. The molecular formula is C12H16F3NO. The van der Waals surface area contributed by atoms with E-state index in [1.807, 2.05) is 0 Å². The summed E-state index contributed by atoms with van der Waals surface area (Å²) < 4.78 is 39.0. The molecule has 0 aliphatic rings. The number of aryl methyl sites for hydroxylation is 1. The zero-order chi connectivity index (χ0) is 13.3. The molecule has 2 nitrogen and oxygen atoms in total. The number of hydrogen-bond acceptors (Lipinski definition) is 2. The first-order chi connectivity index (χ1) is 7.73. The van der Waals surface area contributed by atoms with E-state index in [1.165, 1.54) is 31.2 Å². The Labute approximate surface area is 98.3 Å². The maximum atomic E-state index is 13.0. The molecule has 2 atom stereocenters. The summed E-state index contributed by atoms with van der Waals surface area (Å²) in [5.41, 5.74) is 3.05. The Balaban J connectivity index is 3.29. The molecule has 0 spiro atoms. The Hall–Kier alpha value is -1.07. The van der Waals surface area contributed by atoms with Crippen LogP contribution >= 0.6 is 0 Å². The average Bonchev–Trinajstić information content (AvgIpc) is 2.26. The Morgan fingerprint density at radius 3 is 2.06 bits per heavy atom. The number of benzene rings is 1. The van der Waals surface area contributed by atoms with Crippen LogP contribution in [-0.4, -0.2) is 17.3 Å². The molecule has 0 fully saturated rings. The van der Waals surface area contributed by atoms with E-state index in [1.54, 1.807) is 6.92 Å². The van der Waals surface area contributed by atoms with E-state index in [0.717, 1.165) is 5.56 Å². The summed E-state index contributed by atoms with van der Waals surface area (Å²) in [6.45, 7) is 3.27. The number of alkyl halides is 3. The predicted octanol–water partition coefficient (Wildman–Crippen LogP) is 2.48. The van der Waals surface area contributed by atoms with Crippen molar-refractivity contribution in [2.24, 2.45) is 5.73 Å². The van der Waals surface area contributed by atoms with Crippen LogP contribution in [0.4, 0.5) is 13.2 Å². The first-order valence-electron chi connectivity index (χ1n) is 5.35. The molecule has 0 amide bonds. The lowest BCUT2D eigenvalue weighted by Crippen LogP contribution is -2.55. The van der Waals surface area contributed by atoms with Crippen molar-refractivity contribution in [1.29, 1.82) is 0 Å². The van der Waals surface area contributed by atoms with Crippen LogP contribution in [0.3, 0.4) is 0 Å². The molecule has 5 heteroatoms. The van der Waals surface area contributed by atoms with Gasteiger partial charge in [-0.1, -0.05) is 36.8 Å². The van der Waals surface area contributed by atoms with Crippen molar-refractivity contribution in [3.63, 3.8) is 0 Å². The number of rotatable bonds is 3. The topological polar surface area (TPSA) is 46.2 Å². The third kappa shape index (κ3) is 2.45. The standard InChI is InChI=1S/C12H16F3NO/c1-3-10(16)11(17,12(13,14)15)9-6-4-8(2)5-7-9/h4-7,10,17H,3,16H2,1-2H3. The quantitative estimate of drug-likeness (QED) is 0.862. The van der Waals surface area contributed by atoms with Crippen LogP contribution in [0.15, 0.2) is 24.3 Å². The number of nitrogens with two attached hydrogens (primary N) is 1. The minimum atomic E-state index is -4.79. The highest BCUT2D eigenvalue weighted by Crippen LogP contribution is 2.41. The van der Waals surface area contributed by atoms with Gasteiger partial charge in [0, 0.05) is 6.04 Å². The van der Waals surface area contributed by atoms with Crippen LogP contribution < -0.4 is 5.73 Å². The number of aliphatic hydroxyl groups is 1. The first kappa shape index (κ1) is 14.0. The monoisotopic (exact) mass is 247 g/mol. The van der Waals surface area contributed by atoms with Crippen LogP contribution in [0.2, 0.25) is 0 Å². The number of hydrogen-bond donors (Lipinski definition) is 2. The molecule has 0 bridgehead atoms. The zero-order valence-electron chi connectivity index (χ0n) is 9.75. The molecule has 0 aliphatic carbocycles. The van der Waals surface area contributed by atoms with E-state index in [4.69, 9.17) is 5.73 Å². The molecule has 0 heterocycles. The summed E-state index contributed by atoms with van der Waals surface area (Å²) in [4.78, 5) is 0. The van der Waals surface area contributed by atoms with Gasteiger partial charge < -0.3 is 10.8 Å². The van der Waals surface area contributed by atoms with Crippen molar-refractivity contribution in [3.05, 3.63) is 35.4 Å². The second-order valence-corrected chi connectivity index (χ2v) is 4.14. The second kappa shape index (κ2) is 4.66. The van der Waals surface area contributed by atoms with Crippen molar-refractivity contribution in [2.75, 3.05) is 0 Å². The van der Waals surface area contributed by atoms with Gasteiger partial charge in [0.05, 0.1) is 0 Å². The van der Waals surface area contributed by atoms with Crippen molar-refractivity contribution < 1.29 is 18.3 Å². The van der Waals surface area contributed by atoms with Gasteiger partial charge >= 0.3 is 6.18 Å². The summed E-state index contributed by atoms with van der Waals surface area (Å²) >= 11 is 0. The highest BCUT2D eigenvalue weighted by molar-refractivity contribution is 5.29. The fourth-order valence-corrected chi connectivity index (χ4v) is 1.69. The normalized spacial score (nSPS) is 17.6. The maximum Gasteiger partial charge on any atom is 0.422 e. The van der Waals surface area contributed by atoms with Crippen molar-refractivity contribution >= 4 is 0 Å². The van der Waals surface area contributed by atoms with E-state index < -0.39 is 17.8 Å². The molecule has 96 valence electrons.